The van der Waals surface area contributed by atoms with Gasteiger partial charge in [-0.25, -0.2) is 18.3 Å². The normalized spacial score (nSPS) is 11.0. The average molecular weight is 486 g/mol. The van der Waals surface area contributed by atoms with Gasteiger partial charge in [0.2, 0.25) is 12.7 Å². The summed E-state index contributed by atoms with van der Waals surface area (Å²) in [5.74, 6) is 0. The Morgan fingerprint density at radius 2 is 1.51 bits per heavy atom. The zero-order valence-electron chi connectivity index (χ0n) is 20.0. The Kier molecular flexibility index (Phi) is 7.34. The summed E-state index contributed by atoms with van der Waals surface area (Å²) in [5, 5.41) is 27.7. The topological polar surface area (TPSA) is 93.2 Å². The Hall–Kier alpha value is -4.28. The molecule has 0 spiro atoms. The van der Waals surface area contributed by atoms with E-state index in [1.165, 1.54) is 11.3 Å². The highest BCUT2D eigenvalue weighted by molar-refractivity contribution is 7.16. The van der Waals surface area contributed by atoms with Crippen LogP contribution in [0.1, 0.15) is 16.0 Å². The van der Waals surface area contributed by atoms with E-state index in [4.69, 9.17) is 0 Å². The van der Waals surface area contributed by atoms with Gasteiger partial charge in [0.05, 0.1) is 38.4 Å². The fourth-order valence-corrected chi connectivity index (χ4v) is 4.63. The van der Waals surface area contributed by atoms with Crippen molar-refractivity contribution >= 4 is 27.7 Å². The second-order valence-electron chi connectivity index (χ2n) is 8.30. The van der Waals surface area contributed by atoms with Crippen LogP contribution in [-0.4, -0.2) is 22.2 Å². The quantitative estimate of drug-likeness (QED) is 0.267. The van der Waals surface area contributed by atoms with Crippen molar-refractivity contribution in [3.63, 3.8) is 0 Å². The van der Waals surface area contributed by atoms with Crippen LogP contribution in [0.25, 0.3) is 0 Å². The number of nitriles is 2. The Morgan fingerprint density at radius 3 is 2.00 bits per heavy atom. The van der Waals surface area contributed by atoms with E-state index in [-0.39, 0.29) is 0 Å². The van der Waals surface area contributed by atoms with Gasteiger partial charge in [0.25, 0.3) is 0 Å². The van der Waals surface area contributed by atoms with Crippen molar-refractivity contribution in [3.8, 4) is 12.1 Å². The monoisotopic (exact) mass is 485 g/mol. The van der Waals surface area contributed by atoms with E-state index < -0.39 is 0 Å². The molecule has 4 rings (SSSR count). The molecule has 9 nitrogen and oxygen atoms in total. The predicted molar refractivity (Wildman–Crippen MR) is 133 cm³/mol. The molecule has 0 amide bonds. The molecule has 1 aromatic carbocycles. The molecule has 0 unspecified atom stereocenters. The lowest BCUT2D eigenvalue weighted by Gasteiger charge is -2.23. The molecule has 3 aromatic heterocycles. The first kappa shape index (κ1) is 23.9. The summed E-state index contributed by atoms with van der Waals surface area (Å²) in [4.78, 5) is 2.85. The molecule has 3 heterocycles. The molecule has 35 heavy (non-hydrogen) atoms. The van der Waals surface area contributed by atoms with Crippen molar-refractivity contribution in [3.05, 3.63) is 77.7 Å². The van der Waals surface area contributed by atoms with Gasteiger partial charge in [-0.3, -0.25) is 0 Å². The van der Waals surface area contributed by atoms with Crippen LogP contribution in [0.5, 0.6) is 0 Å². The van der Waals surface area contributed by atoms with Gasteiger partial charge >= 0.3 is 0 Å². The fourth-order valence-electron chi connectivity index (χ4n) is 3.75. The molecule has 0 saturated carbocycles. The molecule has 0 aliphatic rings. The van der Waals surface area contributed by atoms with Gasteiger partial charge in [0, 0.05) is 5.69 Å². The van der Waals surface area contributed by atoms with Crippen LogP contribution in [0.3, 0.4) is 0 Å². The lowest BCUT2D eigenvalue weighted by molar-refractivity contribution is -0.671. The van der Waals surface area contributed by atoms with E-state index in [1.807, 2.05) is 59.9 Å². The molecule has 0 atom stereocenters. The smallest absolute Gasteiger partial charge is 0.243 e. The number of imidazole rings is 2. The zero-order chi connectivity index (χ0) is 24.8. The number of thiophene rings is 1. The lowest BCUT2D eigenvalue weighted by atomic mass is 10.2. The van der Waals surface area contributed by atoms with Gasteiger partial charge in [-0.2, -0.15) is 10.5 Å². The number of nitrogens with zero attached hydrogens (tertiary/aromatic N) is 9. The van der Waals surface area contributed by atoms with Crippen molar-refractivity contribution in [2.24, 2.45) is 24.3 Å². The highest BCUT2D eigenvalue weighted by atomic mass is 32.1. The van der Waals surface area contributed by atoms with Crippen molar-refractivity contribution in [1.82, 2.24) is 9.13 Å². The van der Waals surface area contributed by atoms with Crippen molar-refractivity contribution in [2.75, 3.05) is 18.0 Å². The van der Waals surface area contributed by atoms with Crippen LogP contribution in [0, 0.1) is 29.6 Å². The lowest BCUT2D eigenvalue weighted by Crippen LogP contribution is -2.31. The van der Waals surface area contributed by atoms with Gasteiger partial charge in [-0.1, -0.05) is 0 Å². The van der Waals surface area contributed by atoms with Gasteiger partial charge in [-0.05, 0) is 36.8 Å². The average Bonchev–Trinajstić information content (AvgIpc) is 3.56. The van der Waals surface area contributed by atoms with Crippen LogP contribution in [0.4, 0.5) is 16.4 Å². The number of aryl methyl sites for hydroxylation is 2. The highest BCUT2D eigenvalue weighted by Crippen LogP contribution is 2.35. The van der Waals surface area contributed by atoms with E-state index in [0.29, 0.717) is 26.7 Å². The van der Waals surface area contributed by atoms with Crippen LogP contribution in [-0.2, 0) is 27.2 Å². The van der Waals surface area contributed by atoms with Crippen LogP contribution < -0.4 is 14.0 Å². The van der Waals surface area contributed by atoms with E-state index in [0.717, 1.165) is 31.9 Å². The molecule has 0 N–H and O–H groups in total. The second kappa shape index (κ2) is 10.8. The van der Waals surface area contributed by atoms with E-state index in [9.17, 15) is 10.5 Å². The number of aromatic nitrogens is 4. The number of rotatable bonds is 9. The molecule has 176 valence electrons. The molecule has 0 saturated heterocycles. The zero-order valence-corrected chi connectivity index (χ0v) is 20.9. The second-order valence-corrected chi connectivity index (χ2v) is 9.30. The maximum Gasteiger partial charge on any atom is 0.243 e. The molecule has 0 aliphatic carbocycles. The van der Waals surface area contributed by atoms with Gasteiger partial charge in [0.15, 0.2) is 5.00 Å². The Bertz CT molecular complexity index is 1370. The van der Waals surface area contributed by atoms with Crippen molar-refractivity contribution in [2.45, 2.75) is 20.0 Å². The SMILES string of the molecule is Cc1c(C#N)sc(/N=N/c2ccc(N(CCn3cc[n+](C)c3)CCn3cc[n+](C)c3)cc2)c1C#N. The number of benzene rings is 1. The maximum atomic E-state index is 9.41. The van der Waals surface area contributed by atoms with Crippen LogP contribution >= 0.6 is 11.3 Å². The largest absolute Gasteiger partial charge is 0.364 e. The molecule has 0 radical (unpaired) electrons. The standard InChI is InChI=1S/C25H27N9S/c1-20-23(16-26)25(35-24(20)17-27)29-28-21-4-6-22(7-5-21)34(14-12-32-10-8-30(2)18-32)15-13-33-11-9-31(3)19-33/h4-11,18-19H,12-15H2,1-3H3/q+2/b29-28+. The van der Waals surface area contributed by atoms with Gasteiger partial charge in [0.1, 0.15) is 54.9 Å². The summed E-state index contributed by atoms with van der Waals surface area (Å²) >= 11 is 1.19. The first-order valence-electron chi connectivity index (χ1n) is 11.2. The van der Waals surface area contributed by atoms with Crippen molar-refractivity contribution < 1.29 is 9.13 Å². The Balaban J connectivity index is 1.49. The third-order valence-electron chi connectivity index (χ3n) is 5.72. The Morgan fingerprint density at radius 1 is 0.914 bits per heavy atom. The maximum absolute atomic E-state index is 9.41. The minimum absolute atomic E-state index is 0.412. The van der Waals surface area contributed by atoms with Gasteiger partial charge in [-0.15, -0.1) is 21.6 Å². The van der Waals surface area contributed by atoms with E-state index >= 15 is 0 Å². The number of hydrogen-bond donors (Lipinski definition) is 0. The third kappa shape index (κ3) is 5.81. The molecule has 0 bridgehead atoms. The minimum Gasteiger partial charge on any atom is -0.364 e. The van der Waals surface area contributed by atoms with Crippen molar-refractivity contribution in [1.29, 1.82) is 10.5 Å². The summed E-state index contributed by atoms with van der Waals surface area (Å²) in [6.45, 7) is 5.23. The van der Waals surface area contributed by atoms with E-state index in [1.54, 1.807) is 6.92 Å². The molecular weight excluding hydrogens is 458 g/mol. The number of anilines is 1. The summed E-state index contributed by atoms with van der Waals surface area (Å²) < 4.78 is 8.43. The molecule has 0 aliphatic heterocycles. The molecule has 0 fully saturated rings. The van der Waals surface area contributed by atoms with Crippen LogP contribution in [0.15, 0.2) is 71.9 Å². The summed E-state index contributed by atoms with van der Waals surface area (Å²) in [7, 11) is 4.04. The predicted octanol–water partition coefficient (Wildman–Crippen LogP) is 3.67. The third-order valence-corrected chi connectivity index (χ3v) is 6.80. The van der Waals surface area contributed by atoms with Crippen LogP contribution in [0.2, 0.25) is 0 Å². The molecule has 10 heteroatoms. The molecular formula is C25H27N9S+2. The number of azo groups is 1. The number of hydrogen-bond acceptors (Lipinski definition) is 6. The highest BCUT2D eigenvalue weighted by Gasteiger charge is 2.15. The summed E-state index contributed by atoms with van der Waals surface area (Å²) in [5.41, 5.74) is 2.87. The summed E-state index contributed by atoms with van der Waals surface area (Å²) in [6.07, 6.45) is 12.4. The molecule has 4 aromatic rings. The summed E-state index contributed by atoms with van der Waals surface area (Å²) in [6, 6.07) is 12.2. The van der Waals surface area contributed by atoms with E-state index in [2.05, 4.69) is 61.4 Å². The first-order chi connectivity index (χ1) is 17.0. The Labute approximate surface area is 208 Å². The first-order valence-corrected chi connectivity index (χ1v) is 12.0. The van der Waals surface area contributed by atoms with Gasteiger partial charge < -0.3 is 4.90 Å². The fraction of sp³-hybridized carbons (Fsp3) is 0.280. The minimum atomic E-state index is 0.412.